The van der Waals surface area contributed by atoms with Crippen LogP contribution in [-0.2, 0) is 14.8 Å². The number of hydrazone groups is 1. The van der Waals surface area contributed by atoms with Gasteiger partial charge >= 0.3 is 0 Å². The Balaban J connectivity index is 1.94. The van der Waals surface area contributed by atoms with Crippen LogP contribution < -0.4 is 14.5 Å². The molecule has 7 nitrogen and oxygen atoms in total. The third-order valence-electron chi connectivity index (χ3n) is 5.52. The van der Waals surface area contributed by atoms with E-state index in [0.717, 1.165) is 46.8 Å². The molecule has 0 bridgehead atoms. The molecule has 0 aliphatic heterocycles. The highest BCUT2D eigenvalue weighted by Gasteiger charge is 2.29. The second kappa shape index (κ2) is 10.6. The molecule has 0 atom stereocenters. The Morgan fingerprint density at radius 1 is 1.00 bits per heavy atom. The molecule has 0 aromatic heterocycles. The van der Waals surface area contributed by atoms with Crippen LogP contribution in [0, 0.1) is 13.8 Å². The molecule has 1 fully saturated rings. The summed E-state index contributed by atoms with van der Waals surface area (Å²) >= 11 is 0. The number of amides is 1. The van der Waals surface area contributed by atoms with E-state index in [0.29, 0.717) is 11.4 Å². The van der Waals surface area contributed by atoms with Crippen molar-refractivity contribution < 1.29 is 17.9 Å². The average Bonchev–Trinajstić information content (AvgIpc) is 3.05. The number of hydrogen-bond acceptors (Lipinski definition) is 5. The van der Waals surface area contributed by atoms with Crippen LogP contribution in [-0.4, -0.2) is 33.7 Å². The van der Waals surface area contributed by atoms with Crippen LogP contribution in [0.2, 0.25) is 0 Å². The summed E-state index contributed by atoms with van der Waals surface area (Å²) in [4.78, 5) is 12.9. The van der Waals surface area contributed by atoms with Crippen LogP contribution in [0.15, 0.2) is 52.5 Å². The first-order valence-corrected chi connectivity index (χ1v) is 12.3. The second-order valence-electron chi connectivity index (χ2n) is 8.13. The molecule has 2 aromatic rings. The summed E-state index contributed by atoms with van der Waals surface area (Å²) in [7, 11) is -2.55. The number of rotatable bonds is 7. The van der Waals surface area contributed by atoms with Crippen molar-refractivity contribution in [3.8, 4) is 5.75 Å². The van der Waals surface area contributed by atoms with Crippen molar-refractivity contribution >= 4 is 27.3 Å². The Morgan fingerprint density at radius 2 is 1.62 bits per heavy atom. The average molecular weight is 458 g/mol. The van der Waals surface area contributed by atoms with Crippen molar-refractivity contribution in [1.82, 2.24) is 5.43 Å². The van der Waals surface area contributed by atoms with E-state index < -0.39 is 22.5 Å². The molecule has 0 heterocycles. The molecule has 1 aliphatic rings. The molecular weight excluding hydrogens is 426 g/mol. The van der Waals surface area contributed by atoms with Gasteiger partial charge in [-0.25, -0.2) is 13.8 Å². The van der Waals surface area contributed by atoms with Gasteiger partial charge in [-0.1, -0.05) is 36.6 Å². The van der Waals surface area contributed by atoms with Gasteiger partial charge in [-0.3, -0.25) is 9.10 Å². The molecule has 0 spiro atoms. The maximum absolute atomic E-state index is 13.6. The Morgan fingerprint density at radius 3 is 2.25 bits per heavy atom. The van der Waals surface area contributed by atoms with E-state index in [2.05, 4.69) is 10.5 Å². The molecule has 1 amide bonds. The molecule has 3 rings (SSSR count). The number of ether oxygens (including phenoxy) is 1. The molecule has 0 saturated heterocycles. The molecule has 8 heteroatoms. The van der Waals surface area contributed by atoms with Gasteiger partial charge in [-0.05, 0) is 69.4 Å². The van der Waals surface area contributed by atoms with Gasteiger partial charge in [-0.15, -0.1) is 0 Å². The summed E-state index contributed by atoms with van der Waals surface area (Å²) in [6.45, 7) is 3.34. The summed E-state index contributed by atoms with van der Waals surface area (Å²) in [5.41, 5.74) is 5.63. The van der Waals surface area contributed by atoms with Crippen molar-refractivity contribution in [2.24, 2.45) is 5.10 Å². The number of nitrogens with one attached hydrogen (secondary N) is 1. The van der Waals surface area contributed by atoms with Gasteiger partial charge in [0.25, 0.3) is 15.9 Å². The lowest BCUT2D eigenvalue weighted by atomic mass is 10.2. The number of sulfonamides is 1. The fraction of sp³-hybridized carbons (Fsp3) is 0.417. The fourth-order valence-corrected chi connectivity index (χ4v) is 5.11. The number of carbonyl (C=O) groups excluding carboxylic acids is 1. The summed E-state index contributed by atoms with van der Waals surface area (Å²) < 4.78 is 33.6. The molecule has 1 saturated carbocycles. The van der Waals surface area contributed by atoms with Gasteiger partial charge in [0.15, 0.2) is 0 Å². The van der Waals surface area contributed by atoms with Crippen LogP contribution >= 0.6 is 0 Å². The molecule has 0 radical (unpaired) electrons. The second-order valence-corrected chi connectivity index (χ2v) is 9.99. The Kier molecular flexibility index (Phi) is 7.90. The van der Waals surface area contributed by atoms with E-state index in [1.54, 1.807) is 36.4 Å². The van der Waals surface area contributed by atoms with Gasteiger partial charge in [0.1, 0.15) is 12.3 Å². The van der Waals surface area contributed by atoms with Crippen LogP contribution in [0.25, 0.3) is 0 Å². The third kappa shape index (κ3) is 5.88. The maximum atomic E-state index is 13.6. The zero-order chi connectivity index (χ0) is 23.1. The van der Waals surface area contributed by atoms with Crippen molar-refractivity contribution in [3.05, 3.63) is 53.6 Å². The van der Waals surface area contributed by atoms with Crippen LogP contribution in [0.3, 0.4) is 0 Å². The number of hydrogen-bond donors (Lipinski definition) is 1. The van der Waals surface area contributed by atoms with Crippen molar-refractivity contribution in [2.45, 2.75) is 57.3 Å². The number of carbonyl (C=O) groups is 1. The predicted molar refractivity (Wildman–Crippen MR) is 127 cm³/mol. The van der Waals surface area contributed by atoms with Gasteiger partial charge < -0.3 is 4.74 Å². The van der Waals surface area contributed by atoms with E-state index in [4.69, 9.17) is 4.74 Å². The first kappa shape index (κ1) is 23.8. The standard InChI is InChI=1S/C24H31N3O4S/c1-18-10-13-21(14-11-18)32(29,30)27(22-16-19(2)12-15-23(22)31-3)17-24(28)26-25-20-8-6-4-5-7-9-20/h10-16H,4-9,17H2,1-3H3,(H,26,28). The topological polar surface area (TPSA) is 88.1 Å². The van der Waals surface area contributed by atoms with E-state index in [-0.39, 0.29) is 4.90 Å². The first-order valence-electron chi connectivity index (χ1n) is 10.9. The molecule has 1 N–H and O–H groups in total. The van der Waals surface area contributed by atoms with Crippen molar-refractivity contribution in [3.63, 3.8) is 0 Å². The first-order chi connectivity index (χ1) is 15.3. The lowest BCUT2D eigenvalue weighted by Gasteiger charge is -2.25. The number of benzene rings is 2. The van der Waals surface area contributed by atoms with Crippen molar-refractivity contribution in [2.75, 3.05) is 18.0 Å². The highest BCUT2D eigenvalue weighted by atomic mass is 32.2. The minimum atomic E-state index is -4.02. The van der Waals surface area contributed by atoms with E-state index in [1.165, 1.54) is 20.0 Å². The zero-order valence-electron chi connectivity index (χ0n) is 18.9. The summed E-state index contributed by atoms with van der Waals surface area (Å²) in [6.07, 6.45) is 6.17. The van der Waals surface area contributed by atoms with E-state index in [1.807, 2.05) is 19.9 Å². The van der Waals surface area contributed by atoms with Gasteiger partial charge in [-0.2, -0.15) is 5.10 Å². The number of nitrogens with zero attached hydrogens (tertiary/aromatic N) is 2. The fourth-order valence-electron chi connectivity index (χ4n) is 3.69. The highest BCUT2D eigenvalue weighted by Crippen LogP contribution is 2.33. The molecule has 1 aliphatic carbocycles. The SMILES string of the molecule is COc1ccc(C)cc1N(CC(=O)NN=C1CCCCCC1)S(=O)(=O)c1ccc(C)cc1. The number of methoxy groups -OCH3 is 1. The minimum absolute atomic E-state index is 0.106. The largest absolute Gasteiger partial charge is 0.495 e. The lowest BCUT2D eigenvalue weighted by Crippen LogP contribution is -2.40. The maximum Gasteiger partial charge on any atom is 0.264 e. The van der Waals surface area contributed by atoms with Crippen LogP contribution in [0.1, 0.15) is 49.7 Å². The zero-order valence-corrected chi connectivity index (χ0v) is 19.7. The van der Waals surface area contributed by atoms with E-state index >= 15 is 0 Å². The normalized spacial score (nSPS) is 14.4. The van der Waals surface area contributed by atoms with Crippen LogP contribution in [0.4, 0.5) is 5.69 Å². The Bertz CT molecular complexity index is 1070. The lowest BCUT2D eigenvalue weighted by molar-refractivity contribution is -0.119. The van der Waals surface area contributed by atoms with Gasteiger partial charge in [0.2, 0.25) is 0 Å². The van der Waals surface area contributed by atoms with Crippen LogP contribution in [0.5, 0.6) is 5.75 Å². The Hall–Kier alpha value is -2.87. The minimum Gasteiger partial charge on any atom is -0.495 e. The summed E-state index contributed by atoms with van der Waals surface area (Å²) in [5, 5.41) is 4.28. The highest BCUT2D eigenvalue weighted by molar-refractivity contribution is 7.92. The Labute approximate surface area is 190 Å². The number of aryl methyl sites for hydroxylation is 2. The molecule has 0 unspecified atom stereocenters. The van der Waals surface area contributed by atoms with E-state index in [9.17, 15) is 13.2 Å². The monoisotopic (exact) mass is 457 g/mol. The molecule has 172 valence electrons. The molecule has 2 aromatic carbocycles. The third-order valence-corrected chi connectivity index (χ3v) is 7.29. The summed E-state index contributed by atoms with van der Waals surface area (Å²) in [5.74, 6) is -0.129. The predicted octanol–water partition coefficient (Wildman–Crippen LogP) is 4.33. The van der Waals surface area contributed by atoms with Gasteiger partial charge in [0.05, 0.1) is 17.7 Å². The molecule has 32 heavy (non-hydrogen) atoms. The summed E-state index contributed by atoms with van der Waals surface area (Å²) in [6, 6.07) is 11.8. The van der Waals surface area contributed by atoms with Crippen molar-refractivity contribution in [1.29, 1.82) is 0 Å². The van der Waals surface area contributed by atoms with Gasteiger partial charge in [0, 0.05) is 5.71 Å². The smallest absolute Gasteiger partial charge is 0.264 e. The molecular formula is C24H31N3O4S. The number of anilines is 1. The quantitative estimate of drug-likeness (QED) is 0.495.